The Bertz CT molecular complexity index is 2990. The van der Waals surface area contributed by atoms with Gasteiger partial charge in [-0.25, -0.2) is 0 Å². The van der Waals surface area contributed by atoms with Crippen LogP contribution in [-0.4, -0.2) is 6.71 Å². The molecule has 0 amide bonds. The molecule has 0 N–H and O–H groups in total. The van der Waals surface area contributed by atoms with E-state index in [0.29, 0.717) is 0 Å². The first-order valence-electron chi connectivity index (χ1n) is 20.3. The standard InChI is InChI=1S/C54H41BN2/c1-53(2)41-18-7-5-15-37(41)39-32-29-35(33-43(39)53)34-27-30-36(31-28-34)56-46-22-11-9-20-44(46)55-45-21-10-12-23-47(45)57(50-26-14-25-49(56)52(50)55)48-24-13-17-40-38-16-6-8-19-42(38)54(3,4)51(40)48/h5-33H,1-4H3. The molecule has 2 heterocycles. The van der Waals surface area contributed by atoms with Crippen molar-refractivity contribution in [1.82, 2.24) is 0 Å². The van der Waals surface area contributed by atoms with Crippen LogP contribution in [0.3, 0.4) is 0 Å². The van der Waals surface area contributed by atoms with E-state index in [1.807, 2.05) is 0 Å². The highest BCUT2D eigenvalue weighted by atomic mass is 15.2. The van der Waals surface area contributed by atoms with Gasteiger partial charge in [-0.1, -0.05) is 155 Å². The second-order valence-corrected chi connectivity index (χ2v) is 17.3. The van der Waals surface area contributed by atoms with Crippen molar-refractivity contribution < 1.29 is 0 Å². The zero-order valence-electron chi connectivity index (χ0n) is 32.7. The Morgan fingerprint density at radius 2 is 0.860 bits per heavy atom. The van der Waals surface area contributed by atoms with Crippen molar-refractivity contribution in [2.24, 2.45) is 0 Å². The molecule has 0 spiro atoms. The predicted molar refractivity (Wildman–Crippen MR) is 241 cm³/mol. The molecule has 3 heteroatoms. The van der Waals surface area contributed by atoms with Crippen molar-refractivity contribution in [3.05, 3.63) is 198 Å². The minimum atomic E-state index is -0.151. The van der Waals surface area contributed by atoms with Crippen LogP contribution in [0.15, 0.2) is 176 Å². The minimum Gasteiger partial charge on any atom is -0.311 e. The quantitative estimate of drug-likeness (QED) is 0.167. The van der Waals surface area contributed by atoms with Gasteiger partial charge in [-0.2, -0.15) is 0 Å². The third-order valence-corrected chi connectivity index (χ3v) is 13.6. The lowest BCUT2D eigenvalue weighted by Gasteiger charge is -2.44. The molecule has 0 unspecified atom stereocenters. The number of para-hydroxylation sites is 2. The lowest BCUT2D eigenvalue weighted by Crippen LogP contribution is -2.61. The van der Waals surface area contributed by atoms with E-state index in [1.165, 1.54) is 100 Å². The summed E-state index contributed by atoms with van der Waals surface area (Å²) in [5, 5.41) is 0. The smallest absolute Gasteiger partial charge is 0.252 e. The van der Waals surface area contributed by atoms with Gasteiger partial charge in [-0.05, 0) is 121 Å². The van der Waals surface area contributed by atoms with Gasteiger partial charge in [0.05, 0.1) is 5.69 Å². The van der Waals surface area contributed by atoms with Crippen LogP contribution in [0.2, 0.25) is 0 Å². The van der Waals surface area contributed by atoms with E-state index in [-0.39, 0.29) is 17.5 Å². The molecule has 270 valence electrons. The van der Waals surface area contributed by atoms with Gasteiger partial charge in [0, 0.05) is 39.3 Å². The minimum absolute atomic E-state index is 0.0333. The Hall–Kier alpha value is -6.58. The Labute approximate surface area is 335 Å². The summed E-state index contributed by atoms with van der Waals surface area (Å²) in [6.07, 6.45) is 0. The van der Waals surface area contributed by atoms with E-state index in [1.54, 1.807) is 0 Å². The van der Waals surface area contributed by atoms with Gasteiger partial charge in [-0.3, -0.25) is 0 Å². The zero-order chi connectivity index (χ0) is 38.2. The largest absolute Gasteiger partial charge is 0.311 e. The summed E-state index contributed by atoms with van der Waals surface area (Å²) in [7, 11) is 0. The maximum atomic E-state index is 2.57. The zero-order valence-corrected chi connectivity index (χ0v) is 32.7. The number of hydrogen-bond acceptors (Lipinski definition) is 2. The first-order chi connectivity index (χ1) is 27.8. The maximum absolute atomic E-state index is 2.57. The van der Waals surface area contributed by atoms with Crippen molar-refractivity contribution in [1.29, 1.82) is 0 Å². The van der Waals surface area contributed by atoms with E-state index in [2.05, 4.69) is 213 Å². The van der Waals surface area contributed by atoms with E-state index in [9.17, 15) is 0 Å². The van der Waals surface area contributed by atoms with E-state index >= 15 is 0 Å². The van der Waals surface area contributed by atoms with Crippen LogP contribution in [0.5, 0.6) is 0 Å². The fourth-order valence-electron chi connectivity index (χ4n) is 11.1. The van der Waals surface area contributed by atoms with Crippen molar-refractivity contribution in [3.8, 4) is 33.4 Å². The summed E-state index contributed by atoms with van der Waals surface area (Å²) >= 11 is 0. The highest BCUT2D eigenvalue weighted by molar-refractivity contribution is 7.00. The van der Waals surface area contributed by atoms with Gasteiger partial charge in [-0.15, -0.1) is 0 Å². The molecule has 0 atom stereocenters. The second-order valence-electron chi connectivity index (χ2n) is 17.3. The van der Waals surface area contributed by atoms with Gasteiger partial charge in [0.25, 0.3) is 6.71 Å². The maximum Gasteiger partial charge on any atom is 0.252 e. The number of rotatable bonds is 3. The van der Waals surface area contributed by atoms with Crippen LogP contribution in [0.1, 0.15) is 49.9 Å². The third kappa shape index (κ3) is 4.32. The van der Waals surface area contributed by atoms with Crippen molar-refractivity contribution in [2.45, 2.75) is 38.5 Å². The van der Waals surface area contributed by atoms with Gasteiger partial charge < -0.3 is 9.80 Å². The molecule has 2 nitrogen and oxygen atoms in total. The molecule has 0 saturated carbocycles. The van der Waals surface area contributed by atoms with Gasteiger partial charge in [0.1, 0.15) is 0 Å². The third-order valence-electron chi connectivity index (χ3n) is 13.6. The Balaban J connectivity index is 1.01. The summed E-state index contributed by atoms with van der Waals surface area (Å²) in [4.78, 5) is 5.07. The molecular formula is C54H41BN2. The lowest BCUT2D eigenvalue weighted by molar-refractivity contribution is 0.660. The van der Waals surface area contributed by atoms with Crippen LogP contribution < -0.4 is 26.2 Å². The number of fused-ring (bicyclic) bond motifs is 10. The monoisotopic (exact) mass is 728 g/mol. The van der Waals surface area contributed by atoms with Crippen LogP contribution in [0, 0.1) is 0 Å². The van der Waals surface area contributed by atoms with Gasteiger partial charge >= 0.3 is 0 Å². The van der Waals surface area contributed by atoms with Crippen molar-refractivity contribution >= 4 is 57.2 Å². The molecule has 2 aliphatic heterocycles. The summed E-state index contributed by atoms with van der Waals surface area (Å²) in [6.45, 7) is 9.61. The highest BCUT2D eigenvalue weighted by Gasteiger charge is 2.45. The molecule has 0 bridgehead atoms. The first kappa shape index (κ1) is 32.6. The van der Waals surface area contributed by atoms with E-state index < -0.39 is 0 Å². The average Bonchev–Trinajstić information content (AvgIpc) is 3.63. The van der Waals surface area contributed by atoms with Gasteiger partial charge in [0.2, 0.25) is 0 Å². The lowest BCUT2D eigenvalue weighted by atomic mass is 9.33. The molecule has 0 radical (unpaired) electrons. The van der Waals surface area contributed by atoms with Crippen LogP contribution in [-0.2, 0) is 10.8 Å². The van der Waals surface area contributed by atoms with Crippen LogP contribution in [0.4, 0.5) is 34.1 Å². The Morgan fingerprint density at radius 1 is 0.368 bits per heavy atom. The molecule has 0 aromatic heterocycles. The number of anilines is 6. The molecule has 8 aromatic rings. The van der Waals surface area contributed by atoms with Crippen LogP contribution in [0.25, 0.3) is 33.4 Å². The first-order valence-corrected chi connectivity index (χ1v) is 20.3. The van der Waals surface area contributed by atoms with Crippen LogP contribution >= 0.6 is 0 Å². The molecule has 2 aliphatic carbocycles. The fourth-order valence-corrected chi connectivity index (χ4v) is 11.1. The molecule has 12 rings (SSSR count). The van der Waals surface area contributed by atoms with Crippen molar-refractivity contribution in [2.75, 3.05) is 9.80 Å². The molecule has 0 fully saturated rings. The predicted octanol–water partition coefficient (Wildman–Crippen LogP) is 12.0. The molecule has 0 saturated heterocycles. The molecule has 4 aliphatic rings. The Morgan fingerprint density at radius 3 is 1.58 bits per heavy atom. The van der Waals surface area contributed by atoms with E-state index in [0.717, 1.165) is 5.69 Å². The van der Waals surface area contributed by atoms with Gasteiger partial charge in [0.15, 0.2) is 0 Å². The normalized spacial score (nSPS) is 15.5. The summed E-state index contributed by atoms with van der Waals surface area (Å²) in [5.41, 5.74) is 24.7. The Kier molecular flexibility index (Phi) is 6.58. The summed E-state index contributed by atoms with van der Waals surface area (Å²) < 4.78 is 0. The second kappa shape index (κ2) is 11.5. The number of benzene rings is 8. The fraction of sp³-hybridized carbons (Fsp3) is 0.111. The molecular weight excluding hydrogens is 687 g/mol. The topological polar surface area (TPSA) is 6.48 Å². The average molecular weight is 729 g/mol. The number of hydrogen-bond donors (Lipinski definition) is 0. The number of nitrogens with zero attached hydrogens (tertiary/aromatic N) is 2. The summed E-state index contributed by atoms with van der Waals surface area (Å²) in [6, 6.07) is 66.1. The van der Waals surface area contributed by atoms with Crippen molar-refractivity contribution in [3.63, 3.8) is 0 Å². The molecule has 8 aromatic carbocycles. The highest BCUT2D eigenvalue weighted by Crippen LogP contribution is 2.55. The SMILES string of the molecule is CC1(C)c2ccccc2-c2ccc(-c3ccc(N4c5ccccc5B5c6ccccc6N(c6cccc7c6C(C)(C)c6ccccc6-7)c6cccc4c65)cc3)cc21. The van der Waals surface area contributed by atoms with E-state index in [4.69, 9.17) is 0 Å². The molecule has 57 heavy (non-hydrogen) atoms. The summed E-state index contributed by atoms with van der Waals surface area (Å²) in [5.74, 6) is 0.